The van der Waals surface area contributed by atoms with Gasteiger partial charge in [-0.05, 0) is 24.8 Å². The Kier molecular flexibility index (Phi) is 3.47. The van der Waals surface area contributed by atoms with Crippen LogP contribution in [0.15, 0.2) is 39.9 Å². The summed E-state index contributed by atoms with van der Waals surface area (Å²) in [5, 5.41) is 4.77. The quantitative estimate of drug-likeness (QED) is 0.750. The molecule has 0 unspecified atom stereocenters. The lowest BCUT2D eigenvalue weighted by molar-refractivity contribution is 0.349. The molecule has 0 N–H and O–H groups in total. The minimum atomic E-state index is 0.837. The van der Waals surface area contributed by atoms with E-state index in [4.69, 9.17) is 4.52 Å². The van der Waals surface area contributed by atoms with Crippen LogP contribution in [0.5, 0.6) is 0 Å². The summed E-state index contributed by atoms with van der Waals surface area (Å²) in [6.45, 7) is 2.08. The van der Waals surface area contributed by atoms with E-state index in [1.165, 1.54) is 11.1 Å². The molecule has 2 nitrogen and oxygen atoms in total. The van der Waals surface area contributed by atoms with Gasteiger partial charge in [0.15, 0.2) is 5.09 Å². The second kappa shape index (κ2) is 5.03. The summed E-state index contributed by atoms with van der Waals surface area (Å²) in [6, 6.07) is 10.3. The van der Waals surface area contributed by atoms with E-state index in [1.54, 1.807) is 11.8 Å². The van der Waals surface area contributed by atoms with Gasteiger partial charge in [0.25, 0.3) is 0 Å². The van der Waals surface area contributed by atoms with Gasteiger partial charge < -0.3 is 4.52 Å². The molecule has 0 radical (unpaired) electrons. The molecule has 1 aromatic carbocycles. The van der Waals surface area contributed by atoms with Crippen molar-refractivity contribution >= 4 is 23.9 Å². The lowest BCUT2D eigenvalue weighted by Crippen LogP contribution is -1.73. The number of hydrogen-bond acceptors (Lipinski definition) is 3. The standard InChI is InChI=1S/C13H13NOS/c1-10-3-5-11(6-4-10)7-8-12-9-13(16-2)15-14-12/h3-9H,1-2H3/b8-7+. The Hall–Kier alpha value is -1.48. The van der Waals surface area contributed by atoms with E-state index in [0.29, 0.717) is 0 Å². The number of rotatable bonds is 3. The van der Waals surface area contributed by atoms with Crippen LogP contribution < -0.4 is 0 Å². The molecule has 0 aliphatic rings. The molecule has 0 spiro atoms. The van der Waals surface area contributed by atoms with Crippen LogP contribution >= 0.6 is 11.8 Å². The van der Waals surface area contributed by atoms with Crippen molar-refractivity contribution in [2.45, 2.75) is 12.0 Å². The Labute approximate surface area is 99.3 Å². The number of nitrogens with zero attached hydrogens (tertiary/aromatic N) is 1. The van der Waals surface area contributed by atoms with Gasteiger partial charge in [-0.15, -0.1) is 0 Å². The molecule has 1 aromatic heterocycles. The van der Waals surface area contributed by atoms with Crippen molar-refractivity contribution in [1.29, 1.82) is 0 Å². The van der Waals surface area contributed by atoms with Crippen molar-refractivity contribution in [3.63, 3.8) is 0 Å². The fourth-order valence-corrected chi connectivity index (χ4v) is 1.66. The molecule has 0 saturated heterocycles. The maximum absolute atomic E-state index is 5.08. The van der Waals surface area contributed by atoms with E-state index in [9.17, 15) is 0 Å². The third-order valence-corrected chi connectivity index (χ3v) is 2.83. The summed E-state index contributed by atoms with van der Waals surface area (Å²) in [5.41, 5.74) is 3.28. The SMILES string of the molecule is CSc1cc(/C=C/c2ccc(C)cc2)no1. The van der Waals surface area contributed by atoms with Gasteiger partial charge in [0.1, 0.15) is 5.69 Å². The van der Waals surface area contributed by atoms with Gasteiger partial charge in [-0.2, -0.15) is 0 Å². The first-order valence-electron chi connectivity index (χ1n) is 5.03. The fraction of sp³-hybridized carbons (Fsp3) is 0.154. The summed E-state index contributed by atoms with van der Waals surface area (Å²) in [5.74, 6) is 0. The second-order valence-electron chi connectivity index (χ2n) is 3.52. The van der Waals surface area contributed by atoms with Gasteiger partial charge in [0.05, 0.1) is 0 Å². The van der Waals surface area contributed by atoms with Crippen molar-refractivity contribution in [2.75, 3.05) is 6.26 Å². The molecule has 3 heteroatoms. The number of aryl methyl sites for hydroxylation is 1. The third-order valence-electron chi connectivity index (χ3n) is 2.23. The van der Waals surface area contributed by atoms with Crippen LogP contribution in [-0.2, 0) is 0 Å². The average molecular weight is 231 g/mol. The van der Waals surface area contributed by atoms with Crippen LogP contribution in [0, 0.1) is 6.92 Å². The Morgan fingerprint density at radius 1 is 1.19 bits per heavy atom. The summed E-state index contributed by atoms with van der Waals surface area (Å²) in [6.07, 6.45) is 5.95. The highest BCUT2D eigenvalue weighted by molar-refractivity contribution is 7.98. The lowest BCUT2D eigenvalue weighted by atomic mass is 10.1. The molecule has 2 aromatic rings. The van der Waals surface area contributed by atoms with Crippen LogP contribution in [0.2, 0.25) is 0 Å². The maximum Gasteiger partial charge on any atom is 0.193 e. The summed E-state index contributed by atoms with van der Waals surface area (Å²) >= 11 is 1.55. The molecule has 16 heavy (non-hydrogen) atoms. The van der Waals surface area contributed by atoms with Crippen LogP contribution in [0.4, 0.5) is 0 Å². The second-order valence-corrected chi connectivity index (χ2v) is 4.33. The Bertz CT molecular complexity index is 485. The topological polar surface area (TPSA) is 26.0 Å². The van der Waals surface area contributed by atoms with Crippen LogP contribution in [0.1, 0.15) is 16.8 Å². The third kappa shape index (κ3) is 2.76. The van der Waals surface area contributed by atoms with E-state index in [1.807, 2.05) is 24.5 Å². The molecule has 0 aliphatic heterocycles. The molecule has 1 heterocycles. The van der Waals surface area contributed by atoms with Gasteiger partial charge in [0, 0.05) is 6.07 Å². The fourth-order valence-electron chi connectivity index (χ4n) is 1.31. The van der Waals surface area contributed by atoms with Crippen molar-refractivity contribution in [3.05, 3.63) is 47.2 Å². The highest BCUT2D eigenvalue weighted by atomic mass is 32.2. The van der Waals surface area contributed by atoms with Gasteiger partial charge in [-0.3, -0.25) is 0 Å². The van der Waals surface area contributed by atoms with E-state index in [-0.39, 0.29) is 0 Å². The van der Waals surface area contributed by atoms with E-state index in [0.717, 1.165) is 10.8 Å². The maximum atomic E-state index is 5.08. The zero-order chi connectivity index (χ0) is 11.4. The number of benzene rings is 1. The molecule has 0 bridgehead atoms. The number of hydrogen-bond donors (Lipinski definition) is 0. The van der Waals surface area contributed by atoms with E-state index in [2.05, 4.69) is 36.3 Å². The molecule has 0 atom stereocenters. The predicted molar refractivity (Wildman–Crippen MR) is 68.4 cm³/mol. The predicted octanol–water partition coefficient (Wildman–Crippen LogP) is 3.88. The minimum Gasteiger partial charge on any atom is -0.349 e. The first kappa shape index (κ1) is 11.0. The van der Waals surface area contributed by atoms with Crippen molar-refractivity contribution in [2.24, 2.45) is 0 Å². The summed E-state index contributed by atoms with van der Waals surface area (Å²) < 4.78 is 5.08. The smallest absolute Gasteiger partial charge is 0.193 e. The monoisotopic (exact) mass is 231 g/mol. The lowest BCUT2D eigenvalue weighted by Gasteiger charge is -1.93. The van der Waals surface area contributed by atoms with Crippen LogP contribution in [0.3, 0.4) is 0 Å². The summed E-state index contributed by atoms with van der Waals surface area (Å²) in [7, 11) is 0. The number of aromatic nitrogens is 1. The Morgan fingerprint density at radius 3 is 2.56 bits per heavy atom. The first-order valence-corrected chi connectivity index (χ1v) is 6.26. The molecular weight excluding hydrogens is 218 g/mol. The van der Waals surface area contributed by atoms with E-state index >= 15 is 0 Å². The van der Waals surface area contributed by atoms with Crippen molar-refractivity contribution < 1.29 is 4.52 Å². The zero-order valence-corrected chi connectivity index (χ0v) is 10.1. The van der Waals surface area contributed by atoms with Gasteiger partial charge in [-0.25, -0.2) is 0 Å². The Balaban J connectivity index is 2.11. The largest absolute Gasteiger partial charge is 0.349 e. The van der Waals surface area contributed by atoms with Crippen molar-refractivity contribution in [3.8, 4) is 0 Å². The number of thioether (sulfide) groups is 1. The highest BCUT2D eigenvalue weighted by Crippen LogP contribution is 2.17. The molecular formula is C13H13NOS. The molecule has 82 valence electrons. The highest BCUT2D eigenvalue weighted by Gasteiger charge is 1.98. The molecule has 0 saturated carbocycles. The normalized spacial score (nSPS) is 11.1. The van der Waals surface area contributed by atoms with Gasteiger partial charge in [-0.1, -0.05) is 52.8 Å². The zero-order valence-electron chi connectivity index (χ0n) is 9.31. The van der Waals surface area contributed by atoms with Gasteiger partial charge >= 0.3 is 0 Å². The van der Waals surface area contributed by atoms with E-state index < -0.39 is 0 Å². The molecule has 0 fully saturated rings. The van der Waals surface area contributed by atoms with Crippen LogP contribution in [0.25, 0.3) is 12.2 Å². The van der Waals surface area contributed by atoms with Gasteiger partial charge in [0.2, 0.25) is 0 Å². The minimum absolute atomic E-state index is 0.837. The molecule has 0 amide bonds. The molecule has 0 aliphatic carbocycles. The van der Waals surface area contributed by atoms with Crippen molar-refractivity contribution in [1.82, 2.24) is 5.16 Å². The van der Waals surface area contributed by atoms with Crippen LogP contribution in [-0.4, -0.2) is 11.4 Å². The molecule has 2 rings (SSSR count). The average Bonchev–Trinajstić information content (AvgIpc) is 2.76. The first-order chi connectivity index (χ1) is 7.78. The summed E-state index contributed by atoms with van der Waals surface area (Å²) in [4.78, 5) is 0. The Morgan fingerprint density at radius 2 is 1.94 bits per heavy atom.